The minimum absolute atomic E-state index is 0.0601. The second kappa shape index (κ2) is 6.52. The van der Waals surface area contributed by atoms with Crippen molar-refractivity contribution in [1.82, 2.24) is 24.8 Å². The van der Waals surface area contributed by atoms with E-state index < -0.39 is 5.91 Å². The van der Waals surface area contributed by atoms with Crippen LogP contribution < -0.4 is 11.1 Å². The van der Waals surface area contributed by atoms with Crippen molar-refractivity contribution in [2.75, 3.05) is 19.6 Å². The highest BCUT2D eigenvalue weighted by Crippen LogP contribution is 2.22. The Morgan fingerprint density at radius 3 is 2.63 bits per heavy atom. The Bertz CT molecular complexity index is 1060. The van der Waals surface area contributed by atoms with E-state index in [4.69, 9.17) is 5.73 Å². The smallest absolute Gasteiger partial charge is 0.254 e. The summed E-state index contributed by atoms with van der Waals surface area (Å²) in [6.45, 7) is 0.997. The van der Waals surface area contributed by atoms with E-state index in [1.54, 1.807) is 36.4 Å². The number of carbonyl (C=O) groups is 3. The van der Waals surface area contributed by atoms with Crippen LogP contribution in [0.3, 0.4) is 0 Å². The van der Waals surface area contributed by atoms with Gasteiger partial charge in [0.1, 0.15) is 0 Å². The summed E-state index contributed by atoms with van der Waals surface area (Å²) in [5.74, 6) is -0.954. The molecule has 2 aromatic heterocycles. The Balaban J connectivity index is 1.65. The highest BCUT2D eigenvalue weighted by molar-refractivity contribution is 5.99. The van der Waals surface area contributed by atoms with Crippen LogP contribution in [0.15, 0.2) is 36.4 Å². The largest absolute Gasteiger partial charge is 0.365 e. The number of nitrogens with zero attached hydrogens (tertiary/aromatic N) is 4. The molecule has 1 aliphatic heterocycles. The van der Waals surface area contributed by atoms with Crippen LogP contribution in [0.2, 0.25) is 0 Å². The molecule has 0 atom stereocenters. The molecule has 1 radical (unpaired) electrons. The Morgan fingerprint density at radius 1 is 1.15 bits per heavy atom. The van der Waals surface area contributed by atoms with Crippen molar-refractivity contribution in [2.24, 2.45) is 5.73 Å². The zero-order chi connectivity index (χ0) is 19.0. The standard InChI is InChI=1S/C18H15N6O3/c19-16(26)13-5-6-14(24-17(13)21-10-22-24)11-1-3-12(4-2-11)18(27)23-8-7-20-15(25)9-23/h1-6H,7-9H2,(H2,19,26)(H,20,25). The molecule has 0 spiro atoms. The van der Waals surface area contributed by atoms with Crippen LogP contribution in [-0.4, -0.2) is 56.9 Å². The second-order valence-electron chi connectivity index (χ2n) is 6.10. The van der Waals surface area contributed by atoms with Crippen molar-refractivity contribution in [3.05, 3.63) is 53.9 Å². The van der Waals surface area contributed by atoms with Gasteiger partial charge in [0.15, 0.2) is 5.65 Å². The number of hydrogen-bond acceptors (Lipinski definition) is 5. The number of nitrogens with one attached hydrogen (secondary N) is 1. The summed E-state index contributed by atoms with van der Waals surface area (Å²) in [4.78, 5) is 41.0. The summed E-state index contributed by atoms with van der Waals surface area (Å²) in [6, 6.07) is 10.2. The molecule has 0 bridgehead atoms. The number of nitrogens with two attached hydrogens (primary N) is 1. The molecule has 1 aromatic carbocycles. The molecule has 9 nitrogen and oxygen atoms in total. The van der Waals surface area contributed by atoms with E-state index in [2.05, 4.69) is 21.7 Å². The van der Waals surface area contributed by atoms with Crippen molar-refractivity contribution in [2.45, 2.75) is 0 Å². The maximum absolute atomic E-state index is 12.5. The first kappa shape index (κ1) is 16.7. The molecule has 3 amide bonds. The summed E-state index contributed by atoms with van der Waals surface area (Å²) in [5, 5.41) is 6.72. The number of hydrogen-bond donors (Lipinski definition) is 2. The number of rotatable bonds is 3. The molecule has 0 saturated carbocycles. The van der Waals surface area contributed by atoms with Gasteiger partial charge in [-0.2, -0.15) is 0 Å². The molecule has 1 aliphatic rings. The van der Waals surface area contributed by atoms with E-state index in [0.29, 0.717) is 30.0 Å². The average molecular weight is 363 g/mol. The molecule has 0 aliphatic carbocycles. The zero-order valence-corrected chi connectivity index (χ0v) is 14.2. The summed E-state index contributed by atoms with van der Waals surface area (Å²) < 4.78 is 1.48. The van der Waals surface area contributed by atoms with E-state index >= 15 is 0 Å². The van der Waals surface area contributed by atoms with Gasteiger partial charge in [-0.25, -0.2) is 9.50 Å². The van der Waals surface area contributed by atoms with Crippen LogP contribution in [0.4, 0.5) is 0 Å². The fourth-order valence-electron chi connectivity index (χ4n) is 3.05. The quantitative estimate of drug-likeness (QED) is 0.671. The first-order chi connectivity index (χ1) is 13.0. The third kappa shape index (κ3) is 2.99. The van der Waals surface area contributed by atoms with Gasteiger partial charge < -0.3 is 16.0 Å². The van der Waals surface area contributed by atoms with Crippen molar-refractivity contribution in [1.29, 1.82) is 0 Å². The predicted molar refractivity (Wildman–Crippen MR) is 94.7 cm³/mol. The maximum Gasteiger partial charge on any atom is 0.254 e. The molecular formula is C18H15N6O3. The fourth-order valence-corrected chi connectivity index (χ4v) is 3.05. The van der Waals surface area contributed by atoms with Crippen LogP contribution >= 0.6 is 0 Å². The van der Waals surface area contributed by atoms with Crippen LogP contribution in [0.1, 0.15) is 20.7 Å². The number of benzene rings is 1. The van der Waals surface area contributed by atoms with Crippen molar-refractivity contribution >= 4 is 23.4 Å². The minimum atomic E-state index is -0.598. The van der Waals surface area contributed by atoms with Crippen molar-refractivity contribution < 1.29 is 14.4 Å². The van der Waals surface area contributed by atoms with Crippen LogP contribution in [0.25, 0.3) is 16.9 Å². The SMILES string of the molecule is NC(=O)c1ccc(-c2ccc(C(=O)N3CCNC(=O)C3)cc2)n2n[c]nc12. The lowest BCUT2D eigenvalue weighted by molar-refractivity contribution is -0.123. The Labute approximate surface area is 153 Å². The van der Waals surface area contributed by atoms with Gasteiger partial charge >= 0.3 is 0 Å². The molecule has 3 N–H and O–H groups in total. The fraction of sp³-hybridized carbons (Fsp3) is 0.167. The Kier molecular flexibility index (Phi) is 4.03. The molecule has 4 rings (SSSR count). The summed E-state index contributed by atoms with van der Waals surface area (Å²) >= 11 is 0. The number of primary amides is 1. The molecule has 27 heavy (non-hydrogen) atoms. The first-order valence-corrected chi connectivity index (χ1v) is 8.26. The third-order valence-electron chi connectivity index (χ3n) is 4.40. The molecule has 135 valence electrons. The van der Waals surface area contributed by atoms with Gasteiger partial charge in [-0.15, -0.1) is 5.10 Å². The van der Waals surface area contributed by atoms with Crippen molar-refractivity contribution in [3.63, 3.8) is 0 Å². The third-order valence-corrected chi connectivity index (χ3v) is 4.40. The number of pyridine rings is 1. The minimum Gasteiger partial charge on any atom is -0.365 e. The van der Waals surface area contributed by atoms with E-state index in [1.807, 2.05) is 0 Å². The molecule has 3 aromatic rings. The van der Waals surface area contributed by atoms with Crippen molar-refractivity contribution in [3.8, 4) is 11.3 Å². The molecule has 1 saturated heterocycles. The number of piperazine rings is 1. The van der Waals surface area contributed by atoms with E-state index in [0.717, 1.165) is 5.56 Å². The van der Waals surface area contributed by atoms with E-state index in [-0.39, 0.29) is 23.9 Å². The predicted octanol–water partition coefficient (Wildman–Crippen LogP) is -0.133. The van der Waals surface area contributed by atoms with Crippen LogP contribution in [-0.2, 0) is 4.79 Å². The number of fused-ring (bicyclic) bond motifs is 1. The lowest BCUT2D eigenvalue weighted by Gasteiger charge is -2.26. The molecule has 9 heteroatoms. The van der Waals surface area contributed by atoms with E-state index in [1.165, 1.54) is 9.42 Å². The van der Waals surface area contributed by atoms with Gasteiger partial charge in [-0.1, -0.05) is 12.1 Å². The number of aromatic nitrogens is 3. The Hall–Kier alpha value is -3.75. The maximum atomic E-state index is 12.5. The average Bonchev–Trinajstić information content (AvgIpc) is 3.16. The highest BCUT2D eigenvalue weighted by atomic mass is 16.2. The normalized spacial score (nSPS) is 14.2. The van der Waals surface area contributed by atoms with Crippen LogP contribution in [0, 0.1) is 6.33 Å². The topological polar surface area (TPSA) is 123 Å². The zero-order valence-electron chi connectivity index (χ0n) is 14.2. The van der Waals surface area contributed by atoms with Gasteiger partial charge in [0.2, 0.25) is 12.2 Å². The number of carbonyl (C=O) groups excluding carboxylic acids is 3. The molecular weight excluding hydrogens is 348 g/mol. The van der Waals surface area contributed by atoms with Gasteiger partial charge in [-0.05, 0) is 24.3 Å². The summed E-state index contributed by atoms with van der Waals surface area (Å²) in [7, 11) is 0. The summed E-state index contributed by atoms with van der Waals surface area (Å²) in [5.41, 5.74) is 7.88. The lowest BCUT2D eigenvalue weighted by atomic mass is 10.1. The van der Waals surface area contributed by atoms with E-state index in [9.17, 15) is 14.4 Å². The first-order valence-electron chi connectivity index (χ1n) is 8.26. The highest BCUT2D eigenvalue weighted by Gasteiger charge is 2.22. The Morgan fingerprint density at radius 2 is 1.93 bits per heavy atom. The monoisotopic (exact) mass is 363 g/mol. The number of amides is 3. The van der Waals surface area contributed by atoms with Crippen LogP contribution in [0.5, 0.6) is 0 Å². The molecule has 1 fully saturated rings. The molecule has 0 unspecified atom stereocenters. The van der Waals surface area contributed by atoms with Gasteiger partial charge in [0.25, 0.3) is 11.8 Å². The van der Waals surface area contributed by atoms with Gasteiger partial charge in [0.05, 0.1) is 17.8 Å². The summed E-state index contributed by atoms with van der Waals surface area (Å²) in [6.07, 6.45) is 2.48. The molecule has 3 heterocycles. The lowest BCUT2D eigenvalue weighted by Crippen LogP contribution is -2.49. The van der Waals surface area contributed by atoms with Gasteiger partial charge in [0, 0.05) is 24.2 Å². The van der Waals surface area contributed by atoms with Gasteiger partial charge in [-0.3, -0.25) is 14.4 Å². The second-order valence-corrected chi connectivity index (χ2v) is 6.10.